The molecule has 0 atom stereocenters. The van der Waals surface area contributed by atoms with Crippen molar-refractivity contribution in [1.82, 2.24) is 0 Å². The van der Waals surface area contributed by atoms with Crippen LogP contribution >= 0.6 is 34.8 Å². The lowest BCUT2D eigenvalue weighted by Crippen LogP contribution is -2.00. The van der Waals surface area contributed by atoms with Crippen molar-refractivity contribution in [2.75, 3.05) is 12.4 Å². The zero-order valence-electron chi connectivity index (χ0n) is 10.2. The summed E-state index contributed by atoms with van der Waals surface area (Å²) >= 11 is 18.1. The van der Waals surface area contributed by atoms with Crippen LogP contribution in [0.1, 0.15) is 5.56 Å². The minimum atomic E-state index is 0.517. The molecular weight excluding hydrogens is 305 g/mol. The molecule has 0 aromatic heterocycles. The summed E-state index contributed by atoms with van der Waals surface area (Å²) in [4.78, 5) is 0. The van der Waals surface area contributed by atoms with Crippen LogP contribution in [-0.4, -0.2) is 7.11 Å². The van der Waals surface area contributed by atoms with E-state index in [1.807, 2.05) is 30.3 Å². The molecular formula is C14H12Cl3NO. The molecule has 0 heterocycles. The second kappa shape index (κ2) is 6.38. The lowest BCUT2D eigenvalue weighted by atomic mass is 10.2. The molecule has 5 heteroatoms. The van der Waals surface area contributed by atoms with Gasteiger partial charge in [-0.05, 0) is 29.8 Å². The molecule has 0 unspecified atom stereocenters. The van der Waals surface area contributed by atoms with Crippen molar-refractivity contribution in [2.45, 2.75) is 6.54 Å². The molecule has 0 saturated heterocycles. The average Bonchev–Trinajstić information content (AvgIpc) is 2.40. The van der Waals surface area contributed by atoms with Gasteiger partial charge >= 0.3 is 0 Å². The average molecular weight is 317 g/mol. The van der Waals surface area contributed by atoms with Crippen LogP contribution in [0, 0.1) is 0 Å². The van der Waals surface area contributed by atoms with Crippen molar-refractivity contribution >= 4 is 40.5 Å². The van der Waals surface area contributed by atoms with E-state index in [0.717, 1.165) is 11.3 Å². The molecule has 2 aromatic rings. The molecule has 0 aliphatic rings. The third-order valence-electron chi connectivity index (χ3n) is 2.65. The van der Waals surface area contributed by atoms with E-state index >= 15 is 0 Å². The monoisotopic (exact) mass is 315 g/mol. The summed E-state index contributed by atoms with van der Waals surface area (Å²) in [6.45, 7) is 0.601. The molecule has 0 aliphatic heterocycles. The second-order valence-corrected chi connectivity index (χ2v) is 5.12. The first-order valence-corrected chi connectivity index (χ1v) is 6.75. The third kappa shape index (κ3) is 3.47. The van der Waals surface area contributed by atoms with Gasteiger partial charge in [0.05, 0.1) is 27.9 Å². The van der Waals surface area contributed by atoms with Gasteiger partial charge in [-0.1, -0.05) is 46.9 Å². The van der Waals surface area contributed by atoms with Gasteiger partial charge in [0, 0.05) is 6.54 Å². The van der Waals surface area contributed by atoms with Gasteiger partial charge in [0.15, 0.2) is 0 Å². The fourth-order valence-electron chi connectivity index (χ4n) is 1.66. The number of rotatable bonds is 4. The maximum absolute atomic E-state index is 6.10. The summed E-state index contributed by atoms with van der Waals surface area (Å²) in [5, 5.41) is 4.85. The maximum atomic E-state index is 6.10. The number of nitrogens with one attached hydrogen (secondary N) is 1. The Morgan fingerprint density at radius 1 is 1.05 bits per heavy atom. The SMILES string of the molecule is COc1ccc(CNc2cccc(Cl)c2Cl)cc1Cl. The zero-order chi connectivity index (χ0) is 13.8. The molecule has 0 radical (unpaired) electrons. The Kier molecular flexibility index (Phi) is 4.81. The third-order valence-corrected chi connectivity index (χ3v) is 3.77. The fraction of sp³-hybridized carbons (Fsp3) is 0.143. The van der Waals surface area contributed by atoms with Gasteiger partial charge < -0.3 is 10.1 Å². The number of benzene rings is 2. The Morgan fingerprint density at radius 2 is 1.84 bits per heavy atom. The summed E-state index contributed by atoms with van der Waals surface area (Å²) < 4.78 is 5.11. The summed E-state index contributed by atoms with van der Waals surface area (Å²) in [6.07, 6.45) is 0. The zero-order valence-corrected chi connectivity index (χ0v) is 12.5. The molecule has 19 heavy (non-hydrogen) atoms. The summed E-state index contributed by atoms with van der Waals surface area (Å²) in [5.74, 6) is 0.659. The Balaban J connectivity index is 2.10. The van der Waals surface area contributed by atoms with Crippen molar-refractivity contribution in [3.63, 3.8) is 0 Å². The van der Waals surface area contributed by atoms with Gasteiger partial charge in [0.25, 0.3) is 0 Å². The molecule has 0 aliphatic carbocycles. The van der Waals surface area contributed by atoms with Crippen LogP contribution in [0.3, 0.4) is 0 Å². The lowest BCUT2D eigenvalue weighted by Gasteiger charge is -2.10. The number of anilines is 1. The maximum Gasteiger partial charge on any atom is 0.137 e. The summed E-state index contributed by atoms with van der Waals surface area (Å²) in [7, 11) is 1.59. The molecule has 2 rings (SSSR count). The van der Waals surface area contributed by atoms with E-state index in [9.17, 15) is 0 Å². The minimum Gasteiger partial charge on any atom is -0.495 e. The highest BCUT2D eigenvalue weighted by atomic mass is 35.5. The van der Waals surface area contributed by atoms with Crippen LogP contribution in [0.2, 0.25) is 15.1 Å². The molecule has 2 nitrogen and oxygen atoms in total. The van der Waals surface area contributed by atoms with Gasteiger partial charge in [0.2, 0.25) is 0 Å². The van der Waals surface area contributed by atoms with Gasteiger partial charge in [-0.2, -0.15) is 0 Å². The van der Waals surface area contributed by atoms with Gasteiger partial charge in [-0.15, -0.1) is 0 Å². The highest BCUT2D eigenvalue weighted by Gasteiger charge is 2.05. The Hall–Kier alpha value is -1.09. The minimum absolute atomic E-state index is 0.517. The first kappa shape index (κ1) is 14.3. The highest BCUT2D eigenvalue weighted by Crippen LogP contribution is 2.30. The second-order valence-electron chi connectivity index (χ2n) is 3.92. The van der Waals surface area contributed by atoms with Crippen LogP contribution in [0.15, 0.2) is 36.4 Å². The molecule has 100 valence electrons. The summed E-state index contributed by atoms with van der Waals surface area (Å²) in [6, 6.07) is 11.1. The fourth-order valence-corrected chi connectivity index (χ4v) is 2.31. The quantitative estimate of drug-likeness (QED) is 0.830. The Labute approximate surface area is 127 Å². The van der Waals surface area contributed by atoms with Crippen molar-refractivity contribution in [2.24, 2.45) is 0 Å². The largest absolute Gasteiger partial charge is 0.495 e. The number of hydrogen-bond donors (Lipinski definition) is 1. The molecule has 0 spiro atoms. The van der Waals surface area contributed by atoms with E-state index in [0.29, 0.717) is 27.4 Å². The number of hydrogen-bond acceptors (Lipinski definition) is 2. The van der Waals surface area contributed by atoms with Crippen LogP contribution in [0.4, 0.5) is 5.69 Å². The van der Waals surface area contributed by atoms with E-state index in [-0.39, 0.29) is 0 Å². The van der Waals surface area contributed by atoms with E-state index in [1.165, 1.54) is 0 Å². The van der Waals surface area contributed by atoms with Gasteiger partial charge in [-0.3, -0.25) is 0 Å². The van der Waals surface area contributed by atoms with Gasteiger partial charge in [-0.25, -0.2) is 0 Å². The van der Waals surface area contributed by atoms with Crippen molar-refractivity contribution in [3.8, 4) is 5.75 Å². The normalized spacial score (nSPS) is 10.3. The van der Waals surface area contributed by atoms with E-state index < -0.39 is 0 Å². The van der Waals surface area contributed by atoms with E-state index in [1.54, 1.807) is 13.2 Å². The standard InChI is InChI=1S/C14H12Cl3NO/c1-19-13-6-5-9(7-11(13)16)8-18-12-4-2-3-10(15)14(12)17/h2-7,18H,8H2,1H3. The van der Waals surface area contributed by atoms with Crippen LogP contribution in [-0.2, 0) is 6.54 Å². The van der Waals surface area contributed by atoms with Crippen molar-refractivity contribution < 1.29 is 4.74 Å². The van der Waals surface area contributed by atoms with Crippen LogP contribution in [0.5, 0.6) is 5.75 Å². The van der Waals surface area contributed by atoms with E-state index in [4.69, 9.17) is 39.5 Å². The molecule has 2 aromatic carbocycles. The van der Waals surface area contributed by atoms with Crippen molar-refractivity contribution in [3.05, 3.63) is 57.0 Å². The smallest absolute Gasteiger partial charge is 0.137 e. The Morgan fingerprint density at radius 3 is 2.53 bits per heavy atom. The van der Waals surface area contributed by atoms with E-state index in [2.05, 4.69) is 5.32 Å². The van der Waals surface area contributed by atoms with Crippen LogP contribution in [0.25, 0.3) is 0 Å². The highest BCUT2D eigenvalue weighted by molar-refractivity contribution is 6.43. The first-order valence-electron chi connectivity index (χ1n) is 5.62. The molecule has 1 N–H and O–H groups in total. The van der Waals surface area contributed by atoms with Gasteiger partial charge in [0.1, 0.15) is 5.75 Å². The Bertz CT molecular complexity index is 587. The molecule has 0 amide bonds. The van der Waals surface area contributed by atoms with Crippen molar-refractivity contribution in [1.29, 1.82) is 0 Å². The molecule has 0 bridgehead atoms. The van der Waals surface area contributed by atoms with Crippen LogP contribution < -0.4 is 10.1 Å². The lowest BCUT2D eigenvalue weighted by molar-refractivity contribution is 0.415. The topological polar surface area (TPSA) is 21.3 Å². The summed E-state index contributed by atoms with van der Waals surface area (Å²) in [5.41, 5.74) is 1.82. The first-order chi connectivity index (χ1) is 9.11. The molecule has 0 saturated carbocycles. The predicted octanol–water partition coefficient (Wildman–Crippen LogP) is 5.27. The number of ether oxygens (including phenoxy) is 1. The number of methoxy groups -OCH3 is 1. The molecule has 0 fully saturated rings. The number of halogens is 3. The predicted molar refractivity (Wildman–Crippen MR) is 81.8 cm³/mol.